The maximum Gasteiger partial charge on any atom is 0.410 e. The van der Waals surface area contributed by atoms with Crippen molar-refractivity contribution in [2.24, 2.45) is 5.92 Å². The average molecular weight is 509 g/mol. The third-order valence-electron chi connectivity index (χ3n) is 6.55. The van der Waals surface area contributed by atoms with E-state index in [1.165, 1.54) is 6.42 Å². The molecule has 1 saturated heterocycles. The molecule has 2 aromatic heterocycles. The number of aromatic amines is 1. The molecule has 5 rings (SSSR count). The molecule has 2 aliphatic rings. The Morgan fingerprint density at radius 3 is 2.92 bits per heavy atom. The number of benzene rings is 1. The number of carbonyl (C=O) groups is 1. The molecule has 1 unspecified atom stereocenters. The molecule has 4 heterocycles. The third-order valence-corrected chi connectivity index (χ3v) is 6.88. The van der Waals surface area contributed by atoms with Crippen LogP contribution in [0.3, 0.4) is 0 Å². The number of aromatic nitrogens is 2. The van der Waals surface area contributed by atoms with Gasteiger partial charge in [0.1, 0.15) is 11.2 Å². The Morgan fingerprint density at radius 2 is 2.14 bits per heavy atom. The van der Waals surface area contributed by atoms with Gasteiger partial charge in [-0.15, -0.1) is 0 Å². The van der Waals surface area contributed by atoms with Crippen LogP contribution in [-0.2, 0) is 9.47 Å². The highest BCUT2D eigenvalue weighted by Gasteiger charge is 2.26. The number of rotatable bonds is 5. The second-order valence-corrected chi connectivity index (χ2v) is 11.0. The van der Waals surface area contributed by atoms with E-state index in [0.29, 0.717) is 24.0 Å². The minimum absolute atomic E-state index is 0.306. The molecule has 1 amide bonds. The number of ether oxygens (including phenoxy) is 2. The van der Waals surface area contributed by atoms with Crippen LogP contribution in [0.25, 0.3) is 27.7 Å². The molecule has 2 N–H and O–H groups in total. The Bertz CT molecular complexity index is 1290. The number of anilines is 1. The van der Waals surface area contributed by atoms with Gasteiger partial charge in [0.25, 0.3) is 0 Å². The summed E-state index contributed by atoms with van der Waals surface area (Å²) in [4.78, 5) is 22.2. The quantitative estimate of drug-likeness (QED) is 0.419. The van der Waals surface area contributed by atoms with E-state index in [-0.39, 0.29) is 6.09 Å². The summed E-state index contributed by atoms with van der Waals surface area (Å²) < 4.78 is 11.1. The molecule has 3 aromatic rings. The monoisotopic (exact) mass is 508 g/mol. The van der Waals surface area contributed by atoms with E-state index >= 15 is 0 Å². The minimum Gasteiger partial charge on any atom is -0.444 e. The summed E-state index contributed by atoms with van der Waals surface area (Å²) in [5.74, 6) is 0.526. The summed E-state index contributed by atoms with van der Waals surface area (Å²) in [5, 5.41) is 5.24. The van der Waals surface area contributed by atoms with Crippen molar-refractivity contribution in [3.05, 3.63) is 53.3 Å². The number of nitrogens with one attached hydrogen (secondary N) is 2. The van der Waals surface area contributed by atoms with Gasteiger partial charge in [-0.1, -0.05) is 17.7 Å². The number of amides is 1. The van der Waals surface area contributed by atoms with E-state index in [1.54, 1.807) is 11.1 Å². The highest BCUT2D eigenvalue weighted by molar-refractivity contribution is 6.33. The van der Waals surface area contributed by atoms with Crippen molar-refractivity contribution in [1.29, 1.82) is 0 Å². The number of hydrogen-bond acceptors (Lipinski definition) is 5. The second-order valence-electron chi connectivity index (χ2n) is 10.6. The molecule has 0 aliphatic carbocycles. The largest absolute Gasteiger partial charge is 0.444 e. The lowest BCUT2D eigenvalue weighted by atomic mass is 10.0. The summed E-state index contributed by atoms with van der Waals surface area (Å²) in [7, 11) is 0. The number of pyridine rings is 1. The van der Waals surface area contributed by atoms with E-state index in [0.717, 1.165) is 65.3 Å². The molecule has 7 nitrogen and oxygen atoms in total. The standard InChI is InChI=1S/C28H33ClN4O3/c1-28(2,3)36-27(34)33-11-9-19(16-33)25-14-23-21(8-10-30-26(23)32-25)22-13-20(6-7-24(22)29)31-15-18-5-4-12-35-17-18/h6-10,13-14,18,31H,4-5,11-12,15-17H2,1-3H3,(H,30,32). The lowest BCUT2D eigenvalue weighted by Crippen LogP contribution is -2.35. The maximum atomic E-state index is 12.5. The summed E-state index contributed by atoms with van der Waals surface area (Å²) in [6, 6.07) is 10.2. The normalized spacial score (nSPS) is 18.4. The number of nitrogens with zero attached hydrogens (tertiary/aromatic N) is 2. The molecule has 1 atom stereocenters. The van der Waals surface area contributed by atoms with E-state index in [1.807, 2.05) is 39.0 Å². The van der Waals surface area contributed by atoms with Crippen molar-refractivity contribution in [3.8, 4) is 11.1 Å². The first kappa shape index (κ1) is 24.7. The third kappa shape index (κ3) is 5.52. The van der Waals surface area contributed by atoms with Gasteiger partial charge >= 0.3 is 6.09 Å². The molecule has 1 fully saturated rings. The van der Waals surface area contributed by atoms with E-state index in [2.05, 4.69) is 33.5 Å². The number of hydrogen-bond donors (Lipinski definition) is 2. The van der Waals surface area contributed by atoms with E-state index in [4.69, 9.17) is 21.1 Å². The van der Waals surface area contributed by atoms with Gasteiger partial charge in [0.15, 0.2) is 0 Å². The van der Waals surface area contributed by atoms with Crippen molar-refractivity contribution in [3.63, 3.8) is 0 Å². The SMILES string of the molecule is CC(C)(C)OC(=O)N1CC=C(c2cc3c(-c4cc(NCC5CCCOC5)ccc4Cl)ccnc3[nH]2)C1. The minimum atomic E-state index is -0.521. The predicted molar refractivity (Wildman–Crippen MR) is 144 cm³/mol. The zero-order chi connectivity index (χ0) is 25.3. The molecule has 1 aromatic carbocycles. The molecular weight excluding hydrogens is 476 g/mol. The second kappa shape index (κ2) is 10.1. The van der Waals surface area contributed by atoms with Gasteiger partial charge in [-0.3, -0.25) is 0 Å². The Labute approximate surface area is 216 Å². The molecule has 2 aliphatic heterocycles. The number of carbonyl (C=O) groups excluding carboxylic acids is 1. The van der Waals surface area contributed by atoms with Crippen LogP contribution in [-0.4, -0.2) is 59.4 Å². The van der Waals surface area contributed by atoms with Gasteiger partial charge in [0, 0.05) is 53.2 Å². The fourth-order valence-electron chi connectivity index (χ4n) is 4.72. The van der Waals surface area contributed by atoms with Crippen LogP contribution in [0.4, 0.5) is 10.5 Å². The maximum absolute atomic E-state index is 12.5. The molecule has 0 bridgehead atoms. The molecule has 0 spiro atoms. The fourth-order valence-corrected chi connectivity index (χ4v) is 4.94. The smallest absolute Gasteiger partial charge is 0.410 e. The van der Waals surface area contributed by atoms with Crippen LogP contribution in [0.15, 0.2) is 42.6 Å². The van der Waals surface area contributed by atoms with Crippen molar-refractivity contribution < 1.29 is 14.3 Å². The Balaban J connectivity index is 1.36. The van der Waals surface area contributed by atoms with Crippen molar-refractivity contribution in [1.82, 2.24) is 14.9 Å². The number of H-pyrrole nitrogens is 1. The average Bonchev–Trinajstić information content (AvgIpc) is 3.51. The highest BCUT2D eigenvalue weighted by Crippen LogP contribution is 2.36. The van der Waals surface area contributed by atoms with Crippen molar-refractivity contribution in [2.75, 3.05) is 38.2 Å². The van der Waals surface area contributed by atoms with Gasteiger partial charge in [-0.2, -0.15) is 0 Å². The first-order valence-electron chi connectivity index (χ1n) is 12.5. The lowest BCUT2D eigenvalue weighted by molar-refractivity contribution is 0.0306. The van der Waals surface area contributed by atoms with Gasteiger partial charge in [0.05, 0.1) is 13.2 Å². The van der Waals surface area contributed by atoms with Crippen LogP contribution in [0, 0.1) is 5.92 Å². The van der Waals surface area contributed by atoms with Gasteiger partial charge in [-0.25, -0.2) is 9.78 Å². The molecular formula is C28H33ClN4O3. The predicted octanol–water partition coefficient (Wildman–Crippen LogP) is 6.36. The van der Waals surface area contributed by atoms with Crippen molar-refractivity contribution >= 4 is 40.0 Å². The lowest BCUT2D eigenvalue weighted by Gasteiger charge is -2.24. The van der Waals surface area contributed by atoms with Crippen LogP contribution in [0.1, 0.15) is 39.3 Å². The zero-order valence-electron chi connectivity index (χ0n) is 21.1. The van der Waals surface area contributed by atoms with Crippen molar-refractivity contribution in [2.45, 2.75) is 39.2 Å². The highest BCUT2D eigenvalue weighted by atomic mass is 35.5. The molecule has 0 radical (unpaired) electrons. The van der Waals surface area contributed by atoms with Gasteiger partial charge in [-0.05, 0) is 81.0 Å². The van der Waals surface area contributed by atoms with Crippen LogP contribution < -0.4 is 5.32 Å². The first-order valence-corrected chi connectivity index (χ1v) is 12.9. The zero-order valence-corrected chi connectivity index (χ0v) is 21.8. The Morgan fingerprint density at radius 1 is 1.28 bits per heavy atom. The number of fused-ring (bicyclic) bond motifs is 1. The Hall–Kier alpha value is -3.03. The summed E-state index contributed by atoms with van der Waals surface area (Å²) in [6.45, 7) is 9.19. The van der Waals surface area contributed by atoms with E-state index < -0.39 is 5.60 Å². The van der Waals surface area contributed by atoms with Gasteiger partial charge < -0.3 is 24.7 Å². The Kier molecular flexibility index (Phi) is 6.95. The molecule has 36 heavy (non-hydrogen) atoms. The first-order chi connectivity index (χ1) is 17.3. The molecule has 0 saturated carbocycles. The molecule has 8 heteroatoms. The fraction of sp³-hybridized carbons (Fsp3) is 0.429. The molecule has 190 valence electrons. The summed E-state index contributed by atoms with van der Waals surface area (Å²) in [6.07, 6.45) is 5.85. The number of halogens is 1. The topological polar surface area (TPSA) is 79.5 Å². The van der Waals surface area contributed by atoms with Gasteiger partial charge in [0.2, 0.25) is 0 Å². The summed E-state index contributed by atoms with van der Waals surface area (Å²) >= 11 is 6.67. The van der Waals surface area contributed by atoms with Crippen LogP contribution in [0.2, 0.25) is 5.02 Å². The summed E-state index contributed by atoms with van der Waals surface area (Å²) in [5.41, 5.74) is 5.25. The van der Waals surface area contributed by atoms with Crippen LogP contribution in [0.5, 0.6) is 0 Å². The van der Waals surface area contributed by atoms with E-state index in [9.17, 15) is 4.79 Å². The van der Waals surface area contributed by atoms with Crippen LogP contribution >= 0.6 is 11.6 Å².